The summed E-state index contributed by atoms with van der Waals surface area (Å²) >= 11 is 0. The molecule has 0 fully saturated rings. The van der Waals surface area contributed by atoms with Crippen LogP contribution in [-0.2, 0) is 16.1 Å². The summed E-state index contributed by atoms with van der Waals surface area (Å²) in [5.41, 5.74) is -0.623. The molecule has 0 bridgehead atoms. The molecule has 1 aromatic heterocycles. The van der Waals surface area contributed by atoms with Crippen molar-refractivity contribution in [1.29, 1.82) is 0 Å². The zero-order valence-corrected chi connectivity index (χ0v) is 9.64. The molecule has 0 radical (unpaired) electrons. The first kappa shape index (κ1) is 13.0. The summed E-state index contributed by atoms with van der Waals surface area (Å²) in [6.45, 7) is 2.80. The quantitative estimate of drug-likeness (QED) is 0.822. The molecule has 0 spiro atoms. The van der Waals surface area contributed by atoms with Crippen LogP contribution in [0.3, 0.4) is 0 Å². The molecule has 6 nitrogen and oxygen atoms in total. The number of aromatic nitrogens is 1. The second kappa shape index (κ2) is 5.29. The van der Waals surface area contributed by atoms with Gasteiger partial charge < -0.3 is 15.2 Å². The number of hydrogen-bond donors (Lipinski definition) is 2. The van der Waals surface area contributed by atoms with Crippen molar-refractivity contribution in [2.45, 2.75) is 26.0 Å². The fourth-order valence-electron chi connectivity index (χ4n) is 0.977. The van der Waals surface area contributed by atoms with Gasteiger partial charge in [-0.05, 0) is 19.9 Å². The molecule has 0 aromatic carbocycles. The molecule has 0 saturated carbocycles. The molecular weight excluding hydrogens is 224 g/mol. The zero-order valence-electron chi connectivity index (χ0n) is 9.64. The number of carboxylic acid groups (broad SMARTS) is 1. The molecule has 2 N–H and O–H groups in total. The molecule has 6 heteroatoms. The summed E-state index contributed by atoms with van der Waals surface area (Å²) in [6.07, 6.45) is 2.40. The molecule has 0 atom stereocenters. The lowest BCUT2D eigenvalue weighted by Crippen LogP contribution is -2.49. The summed E-state index contributed by atoms with van der Waals surface area (Å²) in [7, 11) is 0. The lowest BCUT2D eigenvalue weighted by atomic mass is 10.1. The monoisotopic (exact) mass is 238 g/mol. The van der Waals surface area contributed by atoms with Crippen LogP contribution in [0.2, 0.25) is 0 Å². The number of hydrogen-bond acceptors (Lipinski definition) is 4. The predicted octanol–water partition coefficient (Wildman–Crippen LogP) is 1.17. The van der Waals surface area contributed by atoms with Gasteiger partial charge in [-0.3, -0.25) is 4.98 Å². The van der Waals surface area contributed by atoms with E-state index in [2.05, 4.69) is 10.3 Å². The molecule has 17 heavy (non-hydrogen) atoms. The lowest BCUT2D eigenvalue weighted by molar-refractivity contribution is -0.143. The minimum atomic E-state index is -1.36. The number of pyridine rings is 1. The molecule has 0 unspecified atom stereocenters. The van der Waals surface area contributed by atoms with Crippen LogP contribution in [0, 0.1) is 0 Å². The molecule has 1 amide bonds. The number of carboxylic acids is 1. The fourth-order valence-corrected chi connectivity index (χ4v) is 0.977. The van der Waals surface area contributed by atoms with Gasteiger partial charge in [-0.25, -0.2) is 9.59 Å². The highest BCUT2D eigenvalue weighted by atomic mass is 16.5. The number of amides is 1. The number of nitrogens with zero attached hydrogens (tertiary/aromatic N) is 1. The number of ether oxygens (including phenoxy) is 1. The van der Waals surface area contributed by atoms with Crippen LogP contribution in [0.25, 0.3) is 0 Å². The number of nitrogens with one attached hydrogen (secondary N) is 1. The minimum absolute atomic E-state index is 0.0510. The van der Waals surface area contributed by atoms with Crippen molar-refractivity contribution in [1.82, 2.24) is 10.3 Å². The number of carbonyl (C=O) groups excluding carboxylic acids is 1. The first-order valence-corrected chi connectivity index (χ1v) is 4.99. The average Bonchev–Trinajstić information content (AvgIpc) is 2.27. The Kier molecular flexibility index (Phi) is 4.03. The molecule has 0 aliphatic heterocycles. The second-order valence-corrected chi connectivity index (χ2v) is 3.99. The van der Waals surface area contributed by atoms with Gasteiger partial charge in [-0.1, -0.05) is 6.07 Å². The highest BCUT2D eigenvalue weighted by Gasteiger charge is 2.29. The first-order chi connectivity index (χ1) is 7.92. The van der Waals surface area contributed by atoms with Crippen LogP contribution in [0.5, 0.6) is 0 Å². The highest BCUT2D eigenvalue weighted by Crippen LogP contribution is 2.04. The number of alkyl carbamates (subject to hydrolysis) is 1. The smallest absolute Gasteiger partial charge is 0.408 e. The van der Waals surface area contributed by atoms with Crippen LogP contribution in [0.1, 0.15) is 19.4 Å². The van der Waals surface area contributed by atoms with Crippen molar-refractivity contribution in [3.8, 4) is 0 Å². The van der Waals surface area contributed by atoms with Gasteiger partial charge in [0.15, 0.2) is 0 Å². The SMILES string of the molecule is CC(C)(NC(=O)OCc1cccnc1)C(=O)O. The van der Waals surface area contributed by atoms with Crippen molar-refractivity contribution >= 4 is 12.1 Å². The third-order valence-corrected chi connectivity index (χ3v) is 2.04. The molecule has 0 aliphatic rings. The topological polar surface area (TPSA) is 88.5 Å². The van der Waals surface area contributed by atoms with Crippen molar-refractivity contribution < 1.29 is 19.4 Å². The van der Waals surface area contributed by atoms with E-state index >= 15 is 0 Å². The highest BCUT2D eigenvalue weighted by molar-refractivity contribution is 5.83. The standard InChI is InChI=1S/C11H14N2O4/c1-11(2,9(14)15)13-10(16)17-7-8-4-3-5-12-6-8/h3-6H,7H2,1-2H3,(H,13,16)(H,14,15). The van der Waals surface area contributed by atoms with Crippen LogP contribution in [0.15, 0.2) is 24.5 Å². The summed E-state index contributed by atoms with van der Waals surface area (Å²) in [4.78, 5) is 25.9. The number of carbonyl (C=O) groups is 2. The molecule has 1 heterocycles. The van der Waals surface area contributed by atoms with E-state index in [1.54, 1.807) is 24.5 Å². The largest absolute Gasteiger partial charge is 0.480 e. The third-order valence-electron chi connectivity index (χ3n) is 2.04. The summed E-state index contributed by atoms with van der Waals surface area (Å²) in [5, 5.41) is 11.0. The van der Waals surface area contributed by atoms with Crippen molar-refractivity contribution in [3.05, 3.63) is 30.1 Å². The second-order valence-electron chi connectivity index (χ2n) is 3.99. The summed E-state index contributed by atoms with van der Waals surface area (Å²) < 4.78 is 4.86. The lowest BCUT2D eigenvalue weighted by Gasteiger charge is -2.20. The van der Waals surface area contributed by atoms with Crippen LogP contribution < -0.4 is 5.32 Å². The van der Waals surface area contributed by atoms with Crippen molar-refractivity contribution in [2.24, 2.45) is 0 Å². The van der Waals surface area contributed by atoms with E-state index in [1.807, 2.05) is 0 Å². The fraction of sp³-hybridized carbons (Fsp3) is 0.364. The van der Waals surface area contributed by atoms with E-state index in [0.717, 1.165) is 5.56 Å². The predicted molar refractivity (Wildman–Crippen MR) is 59.3 cm³/mol. The van der Waals surface area contributed by atoms with Gasteiger partial charge in [0, 0.05) is 18.0 Å². The molecular formula is C11H14N2O4. The Labute approximate surface area is 98.6 Å². The van der Waals surface area contributed by atoms with Gasteiger partial charge in [0.25, 0.3) is 0 Å². The van der Waals surface area contributed by atoms with Gasteiger partial charge in [0.1, 0.15) is 12.1 Å². The van der Waals surface area contributed by atoms with E-state index in [1.165, 1.54) is 13.8 Å². The van der Waals surface area contributed by atoms with Crippen LogP contribution in [0.4, 0.5) is 4.79 Å². The van der Waals surface area contributed by atoms with Gasteiger partial charge in [0.2, 0.25) is 0 Å². The van der Waals surface area contributed by atoms with Gasteiger partial charge in [-0.15, -0.1) is 0 Å². The Bertz CT molecular complexity index is 403. The molecule has 1 aromatic rings. The first-order valence-electron chi connectivity index (χ1n) is 4.99. The van der Waals surface area contributed by atoms with Crippen molar-refractivity contribution in [3.63, 3.8) is 0 Å². The Balaban J connectivity index is 2.44. The maximum absolute atomic E-state index is 11.3. The Hall–Kier alpha value is -2.11. The van der Waals surface area contributed by atoms with Crippen LogP contribution in [-0.4, -0.2) is 27.7 Å². The maximum atomic E-state index is 11.3. The number of rotatable bonds is 4. The van der Waals surface area contributed by atoms with E-state index < -0.39 is 17.6 Å². The molecule has 92 valence electrons. The van der Waals surface area contributed by atoms with Gasteiger partial charge in [-0.2, -0.15) is 0 Å². The zero-order chi connectivity index (χ0) is 12.9. The van der Waals surface area contributed by atoms with Gasteiger partial charge >= 0.3 is 12.1 Å². The molecule has 1 rings (SSSR count). The van der Waals surface area contributed by atoms with Crippen LogP contribution >= 0.6 is 0 Å². The van der Waals surface area contributed by atoms with Crippen molar-refractivity contribution in [2.75, 3.05) is 0 Å². The van der Waals surface area contributed by atoms with E-state index in [-0.39, 0.29) is 6.61 Å². The summed E-state index contributed by atoms with van der Waals surface area (Å²) in [6, 6.07) is 3.47. The number of aliphatic carboxylic acids is 1. The molecule has 0 aliphatic carbocycles. The Morgan fingerprint density at radius 2 is 2.24 bits per heavy atom. The van der Waals surface area contributed by atoms with E-state index in [4.69, 9.17) is 9.84 Å². The average molecular weight is 238 g/mol. The normalized spacial score (nSPS) is 10.7. The summed E-state index contributed by atoms with van der Waals surface area (Å²) in [5.74, 6) is -1.13. The van der Waals surface area contributed by atoms with E-state index in [9.17, 15) is 9.59 Å². The van der Waals surface area contributed by atoms with Gasteiger partial charge in [0.05, 0.1) is 0 Å². The third kappa shape index (κ3) is 4.10. The maximum Gasteiger partial charge on any atom is 0.408 e. The van der Waals surface area contributed by atoms with E-state index in [0.29, 0.717) is 0 Å². The molecule has 0 saturated heterocycles. The minimum Gasteiger partial charge on any atom is -0.480 e. The Morgan fingerprint density at radius 1 is 1.53 bits per heavy atom. The Morgan fingerprint density at radius 3 is 2.76 bits per heavy atom.